The summed E-state index contributed by atoms with van der Waals surface area (Å²) in [6.07, 6.45) is 7.86. The van der Waals surface area contributed by atoms with Crippen LogP contribution in [-0.4, -0.2) is 33.7 Å². The number of likely N-dealkylation sites (tertiary alicyclic amines) is 1. The molecular weight excluding hydrogens is 276 g/mol. The van der Waals surface area contributed by atoms with E-state index in [-0.39, 0.29) is 17.7 Å². The third-order valence-corrected chi connectivity index (χ3v) is 5.08. The molecule has 0 bridgehead atoms. The molecule has 4 nitrogen and oxygen atoms in total. The molecule has 1 saturated heterocycles. The van der Waals surface area contributed by atoms with Gasteiger partial charge in [0.1, 0.15) is 6.23 Å². The molecule has 2 aliphatic rings. The minimum Gasteiger partial charge on any atom is -0.373 e. The maximum Gasteiger partial charge on any atom is 0.228 e. The number of amides is 1. The average Bonchev–Trinajstić information content (AvgIpc) is 3.07. The van der Waals surface area contributed by atoms with Crippen LogP contribution in [0.5, 0.6) is 0 Å². The molecule has 2 aromatic rings. The van der Waals surface area contributed by atoms with Gasteiger partial charge in [-0.3, -0.25) is 4.79 Å². The van der Waals surface area contributed by atoms with Crippen LogP contribution < -0.4 is 0 Å². The molecular formula is C18H20N2O2. The quantitative estimate of drug-likeness (QED) is 0.855. The molecule has 1 aromatic heterocycles. The number of hydrogen-bond acceptors (Lipinski definition) is 2. The van der Waals surface area contributed by atoms with Crippen molar-refractivity contribution in [1.82, 2.24) is 9.88 Å². The number of allylic oxidation sites excluding steroid dienone is 2. The van der Waals surface area contributed by atoms with Gasteiger partial charge in [-0.2, -0.15) is 0 Å². The largest absolute Gasteiger partial charge is 0.373 e. The van der Waals surface area contributed by atoms with Gasteiger partial charge in [0.25, 0.3) is 0 Å². The van der Waals surface area contributed by atoms with Crippen LogP contribution in [0.4, 0.5) is 0 Å². The van der Waals surface area contributed by atoms with Crippen molar-refractivity contribution in [3.8, 4) is 0 Å². The molecule has 1 amide bonds. The van der Waals surface area contributed by atoms with E-state index >= 15 is 0 Å². The zero-order valence-corrected chi connectivity index (χ0v) is 12.4. The molecule has 4 rings (SSSR count). The molecule has 2 N–H and O–H groups in total. The van der Waals surface area contributed by atoms with Crippen LogP contribution in [0.25, 0.3) is 10.9 Å². The van der Waals surface area contributed by atoms with Gasteiger partial charge in [-0.25, -0.2) is 0 Å². The van der Waals surface area contributed by atoms with E-state index in [1.54, 1.807) is 4.90 Å². The number of H-pyrrole nitrogens is 1. The smallest absolute Gasteiger partial charge is 0.228 e. The lowest BCUT2D eigenvalue weighted by atomic mass is 9.85. The maximum absolute atomic E-state index is 12.5. The van der Waals surface area contributed by atoms with Gasteiger partial charge < -0.3 is 15.0 Å². The molecule has 0 unspecified atom stereocenters. The average molecular weight is 296 g/mol. The van der Waals surface area contributed by atoms with Crippen molar-refractivity contribution in [2.45, 2.75) is 25.5 Å². The highest BCUT2D eigenvalue weighted by molar-refractivity contribution is 5.84. The lowest BCUT2D eigenvalue weighted by molar-refractivity contribution is -0.135. The molecule has 4 heteroatoms. The standard InChI is InChI=1S/C18H20N2O2/c21-17-14-6-1-2-7-15(14)18(22)20(17)10-9-12-11-19-16-8-4-3-5-13(12)16/h1-5,8,11,14-15,17,19,21H,6-7,9-10H2/t14-,15+,17+/m1/s1. The molecule has 0 radical (unpaired) electrons. The summed E-state index contributed by atoms with van der Waals surface area (Å²) in [4.78, 5) is 17.4. The molecule has 0 saturated carbocycles. The first-order valence-electron chi connectivity index (χ1n) is 7.94. The molecule has 1 aliphatic heterocycles. The third kappa shape index (κ3) is 2.06. The highest BCUT2D eigenvalue weighted by Gasteiger charge is 2.46. The first kappa shape index (κ1) is 13.6. The predicted octanol–water partition coefficient (Wildman–Crippen LogP) is 2.45. The normalized spacial score (nSPS) is 27.6. The first-order chi connectivity index (χ1) is 10.8. The summed E-state index contributed by atoms with van der Waals surface area (Å²) in [7, 11) is 0. The number of aromatic nitrogens is 1. The molecule has 1 aliphatic carbocycles. The van der Waals surface area contributed by atoms with Crippen LogP contribution >= 0.6 is 0 Å². The van der Waals surface area contributed by atoms with Gasteiger partial charge >= 0.3 is 0 Å². The van der Waals surface area contributed by atoms with Crippen LogP contribution in [0.15, 0.2) is 42.6 Å². The number of aliphatic hydroxyl groups is 1. The number of fused-ring (bicyclic) bond motifs is 2. The zero-order valence-electron chi connectivity index (χ0n) is 12.4. The number of rotatable bonds is 3. The minimum atomic E-state index is -0.632. The summed E-state index contributed by atoms with van der Waals surface area (Å²) in [5, 5.41) is 11.7. The van der Waals surface area contributed by atoms with Gasteiger partial charge in [0, 0.05) is 35.5 Å². The van der Waals surface area contributed by atoms with Crippen molar-refractivity contribution < 1.29 is 9.90 Å². The van der Waals surface area contributed by atoms with Crippen molar-refractivity contribution in [1.29, 1.82) is 0 Å². The fourth-order valence-electron chi connectivity index (χ4n) is 3.85. The molecule has 1 fully saturated rings. The van der Waals surface area contributed by atoms with Crippen LogP contribution in [0.2, 0.25) is 0 Å². The van der Waals surface area contributed by atoms with Crippen molar-refractivity contribution in [3.63, 3.8) is 0 Å². The van der Waals surface area contributed by atoms with Gasteiger partial charge in [-0.1, -0.05) is 30.4 Å². The van der Waals surface area contributed by atoms with E-state index in [4.69, 9.17) is 0 Å². The van der Waals surface area contributed by atoms with E-state index in [1.165, 1.54) is 10.9 Å². The summed E-state index contributed by atoms with van der Waals surface area (Å²) >= 11 is 0. The maximum atomic E-state index is 12.5. The lowest BCUT2D eigenvalue weighted by Gasteiger charge is -2.23. The van der Waals surface area contributed by atoms with Crippen molar-refractivity contribution >= 4 is 16.8 Å². The number of hydrogen-bond donors (Lipinski definition) is 2. The lowest BCUT2D eigenvalue weighted by Crippen LogP contribution is -2.36. The number of aliphatic hydroxyl groups excluding tert-OH is 1. The Balaban J connectivity index is 1.51. The van der Waals surface area contributed by atoms with E-state index in [0.29, 0.717) is 6.54 Å². The Morgan fingerprint density at radius 1 is 1.23 bits per heavy atom. The fourth-order valence-corrected chi connectivity index (χ4v) is 3.85. The second-order valence-corrected chi connectivity index (χ2v) is 6.27. The summed E-state index contributed by atoms with van der Waals surface area (Å²) in [6.45, 7) is 0.578. The SMILES string of the molecule is O=C1[C@H]2CC=CC[C@H]2[C@H](O)N1CCc1c[nH]c2ccccc12. The number of para-hydroxylation sites is 1. The summed E-state index contributed by atoms with van der Waals surface area (Å²) < 4.78 is 0. The summed E-state index contributed by atoms with van der Waals surface area (Å²) in [5.74, 6) is 0.158. The zero-order chi connectivity index (χ0) is 15.1. The van der Waals surface area contributed by atoms with Gasteiger partial charge in [0.05, 0.1) is 0 Å². The van der Waals surface area contributed by atoms with Gasteiger partial charge in [-0.15, -0.1) is 0 Å². The van der Waals surface area contributed by atoms with Crippen LogP contribution in [0.1, 0.15) is 18.4 Å². The Labute approximate surface area is 129 Å². The number of aromatic amines is 1. The second-order valence-electron chi connectivity index (χ2n) is 6.27. The summed E-state index contributed by atoms with van der Waals surface area (Å²) in [6, 6.07) is 8.17. The Kier molecular flexibility index (Phi) is 3.26. The number of carbonyl (C=O) groups is 1. The molecule has 22 heavy (non-hydrogen) atoms. The van der Waals surface area contributed by atoms with E-state index < -0.39 is 6.23 Å². The number of nitrogens with one attached hydrogen (secondary N) is 1. The van der Waals surface area contributed by atoms with Crippen molar-refractivity contribution in [2.75, 3.05) is 6.54 Å². The Morgan fingerprint density at radius 2 is 2.05 bits per heavy atom. The van der Waals surface area contributed by atoms with E-state index in [0.717, 1.165) is 24.8 Å². The molecule has 114 valence electrons. The highest BCUT2D eigenvalue weighted by Crippen LogP contribution is 2.37. The predicted molar refractivity (Wildman–Crippen MR) is 85.1 cm³/mol. The topological polar surface area (TPSA) is 56.3 Å². The monoisotopic (exact) mass is 296 g/mol. The molecule has 3 atom stereocenters. The van der Waals surface area contributed by atoms with E-state index in [2.05, 4.69) is 29.3 Å². The highest BCUT2D eigenvalue weighted by atomic mass is 16.3. The van der Waals surface area contributed by atoms with Crippen LogP contribution in [0, 0.1) is 11.8 Å². The Morgan fingerprint density at radius 3 is 2.91 bits per heavy atom. The molecule has 2 heterocycles. The Bertz CT molecular complexity index is 734. The first-order valence-corrected chi connectivity index (χ1v) is 7.94. The second kappa shape index (κ2) is 5.29. The van der Waals surface area contributed by atoms with Gasteiger partial charge in [-0.05, 0) is 30.9 Å². The van der Waals surface area contributed by atoms with Gasteiger partial charge in [0.15, 0.2) is 0 Å². The summed E-state index contributed by atoms with van der Waals surface area (Å²) in [5.41, 5.74) is 2.31. The number of benzene rings is 1. The molecule has 1 aromatic carbocycles. The van der Waals surface area contributed by atoms with Crippen LogP contribution in [-0.2, 0) is 11.2 Å². The number of nitrogens with zero attached hydrogens (tertiary/aromatic N) is 1. The molecule has 0 spiro atoms. The minimum absolute atomic E-state index is 0.0250. The Hall–Kier alpha value is -2.07. The number of carbonyl (C=O) groups excluding carboxylic acids is 1. The van der Waals surface area contributed by atoms with E-state index in [9.17, 15) is 9.90 Å². The van der Waals surface area contributed by atoms with Gasteiger partial charge in [0.2, 0.25) is 5.91 Å². The van der Waals surface area contributed by atoms with Crippen molar-refractivity contribution in [2.24, 2.45) is 11.8 Å². The van der Waals surface area contributed by atoms with Crippen LogP contribution in [0.3, 0.4) is 0 Å². The van der Waals surface area contributed by atoms with E-state index in [1.807, 2.05) is 18.3 Å². The third-order valence-electron chi connectivity index (χ3n) is 5.08. The fraction of sp³-hybridized carbons (Fsp3) is 0.389. The van der Waals surface area contributed by atoms with Crippen molar-refractivity contribution in [3.05, 3.63) is 48.2 Å².